The van der Waals surface area contributed by atoms with Gasteiger partial charge in [-0.2, -0.15) is 13.2 Å². The minimum Gasteiger partial charge on any atom is -0.478 e. The van der Waals surface area contributed by atoms with Crippen LogP contribution in [0.2, 0.25) is 0 Å². The Kier molecular flexibility index (Phi) is 3.80. The van der Waals surface area contributed by atoms with Gasteiger partial charge in [0.2, 0.25) is 0 Å². The van der Waals surface area contributed by atoms with E-state index < -0.39 is 17.2 Å². The minimum atomic E-state index is -4.36. The molecule has 0 aliphatic heterocycles. The molecule has 0 fully saturated rings. The molecule has 1 heterocycles. The van der Waals surface area contributed by atoms with Crippen LogP contribution in [0.4, 0.5) is 13.2 Å². The fraction of sp³-hybridized carbons (Fsp3) is 0.273. The van der Waals surface area contributed by atoms with Gasteiger partial charge in [0, 0.05) is 12.3 Å². The van der Waals surface area contributed by atoms with Gasteiger partial charge in [0.05, 0.1) is 16.6 Å². The number of halogens is 3. The van der Waals surface area contributed by atoms with Gasteiger partial charge in [0.1, 0.15) is 0 Å². The van der Waals surface area contributed by atoms with E-state index in [1.807, 2.05) is 0 Å². The van der Waals surface area contributed by atoms with Gasteiger partial charge in [-0.15, -0.1) is 0 Å². The predicted octanol–water partition coefficient (Wildman–Crippen LogP) is 2.28. The molecule has 0 saturated carbocycles. The lowest BCUT2D eigenvalue weighted by Gasteiger charge is -2.06. The average molecular weight is 306 g/mol. The largest absolute Gasteiger partial charge is 0.478 e. The monoisotopic (exact) mass is 306 g/mol. The topological polar surface area (TPSA) is 75.1 Å². The maximum atomic E-state index is 12.1. The minimum absolute atomic E-state index is 0.0955. The maximum absolute atomic E-state index is 12.1. The van der Waals surface area contributed by atoms with E-state index in [2.05, 4.69) is 4.98 Å². The number of alkyl halides is 3. The number of carboxylic acids is 1. The van der Waals surface area contributed by atoms with Gasteiger partial charge < -0.3 is 10.1 Å². The Morgan fingerprint density at radius 2 is 2.10 bits per heavy atom. The maximum Gasteiger partial charge on any atom is 0.441 e. The number of hydrogen-bond donors (Lipinski definition) is 2. The third kappa shape index (κ3) is 2.98. The molecule has 0 saturated heterocycles. The number of fused-ring (bicyclic) bond motifs is 1. The number of carbonyl (C=O) groups is 1. The van der Waals surface area contributed by atoms with Crippen molar-refractivity contribution in [2.75, 3.05) is 5.75 Å². The van der Waals surface area contributed by atoms with Gasteiger partial charge in [-0.05, 0) is 23.9 Å². The van der Waals surface area contributed by atoms with Crippen molar-refractivity contribution in [3.63, 3.8) is 0 Å². The molecule has 2 N–H and O–H groups in total. The van der Waals surface area contributed by atoms with E-state index in [-0.39, 0.29) is 40.7 Å². The standard InChI is InChI=1S/C11H9F3N2O3S/c12-11(13,14)20-5-4-16-7-3-1-2-6(9(17)18)8(7)15-10(16)19/h1-3H,4-5H2,(H,15,19)(H,17,18). The van der Waals surface area contributed by atoms with E-state index in [0.717, 1.165) is 4.57 Å². The molecule has 0 spiro atoms. The Morgan fingerprint density at radius 1 is 1.40 bits per heavy atom. The molecular weight excluding hydrogens is 297 g/mol. The molecule has 0 aliphatic rings. The average Bonchev–Trinajstić information content (AvgIpc) is 2.64. The van der Waals surface area contributed by atoms with Gasteiger partial charge in [-0.1, -0.05) is 6.07 Å². The molecule has 0 unspecified atom stereocenters. The predicted molar refractivity (Wildman–Crippen MR) is 68.0 cm³/mol. The quantitative estimate of drug-likeness (QED) is 0.908. The van der Waals surface area contributed by atoms with Crippen LogP contribution in [0.15, 0.2) is 23.0 Å². The van der Waals surface area contributed by atoms with Crippen molar-refractivity contribution in [1.82, 2.24) is 9.55 Å². The molecule has 2 aromatic rings. The number of aryl methyl sites for hydroxylation is 1. The Labute approximate surface area is 114 Å². The van der Waals surface area contributed by atoms with Crippen LogP contribution in [0.5, 0.6) is 0 Å². The number of nitrogens with zero attached hydrogens (tertiary/aromatic N) is 1. The second-order valence-corrected chi connectivity index (χ2v) is 5.04. The summed E-state index contributed by atoms with van der Waals surface area (Å²) in [6.07, 6.45) is 0. The summed E-state index contributed by atoms with van der Waals surface area (Å²) in [6, 6.07) is 4.24. The van der Waals surface area contributed by atoms with Crippen LogP contribution in [0, 0.1) is 0 Å². The number of carboxylic acid groups (broad SMARTS) is 1. The number of imidazole rings is 1. The molecule has 0 bridgehead atoms. The summed E-state index contributed by atoms with van der Waals surface area (Å²) >= 11 is -0.230. The number of nitrogens with one attached hydrogen (secondary N) is 1. The van der Waals surface area contributed by atoms with Crippen molar-refractivity contribution in [2.45, 2.75) is 12.1 Å². The zero-order valence-corrected chi connectivity index (χ0v) is 10.7. The summed E-state index contributed by atoms with van der Waals surface area (Å²) in [5.41, 5.74) is -4.69. The first kappa shape index (κ1) is 14.5. The van der Waals surface area contributed by atoms with Crippen molar-refractivity contribution in [1.29, 1.82) is 0 Å². The number of thioether (sulfide) groups is 1. The molecule has 0 atom stereocenters. The SMILES string of the molecule is O=C(O)c1cccc2c1[nH]c(=O)n2CCSC(F)(F)F. The molecule has 108 valence electrons. The first-order valence-corrected chi connectivity index (χ1v) is 6.43. The summed E-state index contributed by atoms with van der Waals surface area (Å²) in [5.74, 6) is -1.54. The van der Waals surface area contributed by atoms with Crippen molar-refractivity contribution in [3.8, 4) is 0 Å². The lowest BCUT2D eigenvalue weighted by Crippen LogP contribution is -2.18. The van der Waals surface area contributed by atoms with Crippen LogP contribution in [0.3, 0.4) is 0 Å². The molecule has 0 aliphatic carbocycles. The van der Waals surface area contributed by atoms with Crippen LogP contribution in [0.25, 0.3) is 11.0 Å². The van der Waals surface area contributed by atoms with E-state index in [1.165, 1.54) is 18.2 Å². The van der Waals surface area contributed by atoms with Gasteiger partial charge in [0.15, 0.2) is 0 Å². The van der Waals surface area contributed by atoms with Crippen LogP contribution in [0.1, 0.15) is 10.4 Å². The second-order valence-electron chi connectivity index (χ2n) is 3.88. The summed E-state index contributed by atoms with van der Waals surface area (Å²) in [4.78, 5) is 25.1. The van der Waals surface area contributed by atoms with E-state index in [9.17, 15) is 22.8 Å². The third-order valence-corrected chi connectivity index (χ3v) is 3.34. The van der Waals surface area contributed by atoms with Gasteiger partial charge >= 0.3 is 17.2 Å². The first-order valence-electron chi connectivity index (χ1n) is 5.45. The summed E-state index contributed by atoms with van der Waals surface area (Å²) in [5, 5.41) is 8.98. The Hall–Kier alpha value is -1.90. The van der Waals surface area contributed by atoms with Crippen molar-refractivity contribution in [2.24, 2.45) is 0 Å². The third-order valence-electron chi connectivity index (χ3n) is 2.62. The van der Waals surface area contributed by atoms with E-state index >= 15 is 0 Å². The molecule has 9 heteroatoms. The highest BCUT2D eigenvalue weighted by molar-refractivity contribution is 8.00. The van der Waals surface area contributed by atoms with Crippen molar-refractivity contribution < 1.29 is 23.1 Å². The summed E-state index contributed by atoms with van der Waals surface area (Å²) in [7, 11) is 0. The second kappa shape index (κ2) is 5.23. The zero-order chi connectivity index (χ0) is 14.9. The number of H-pyrrole nitrogens is 1. The van der Waals surface area contributed by atoms with Crippen LogP contribution < -0.4 is 5.69 Å². The zero-order valence-electron chi connectivity index (χ0n) is 9.90. The lowest BCUT2D eigenvalue weighted by molar-refractivity contribution is -0.0328. The van der Waals surface area contributed by atoms with Gasteiger partial charge in [0.25, 0.3) is 0 Å². The molecule has 0 radical (unpaired) electrons. The lowest BCUT2D eigenvalue weighted by atomic mass is 10.2. The number of rotatable bonds is 4. The Bertz CT molecular complexity index is 705. The smallest absolute Gasteiger partial charge is 0.441 e. The van der Waals surface area contributed by atoms with E-state index in [0.29, 0.717) is 0 Å². The van der Waals surface area contributed by atoms with E-state index in [1.54, 1.807) is 0 Å². The number of hydrogen-bond acceptors (Lipinski definition) is 3. The highest BCUT2D eigenvalue weighted by Crippen LogP contribution is 2.30. The molecule has 0 amide bonds. The number of aromatic nitrogens is 2. The molecule has 2 rings (SSSR count). The fourth-order valence-corrected chi connectivity index (χ4v) is 2.34. The summed E-state index contributed by atoms with van der Waals surface area (Å²) < 4.78 is 37.3. The van der Waals surface area contributed by atoms with Crippen molar-refractivity contribution >= 4 is 28.8 Å². The van der Waals surface area contributed by atoms with Crippen LogP contribution in [-0.4, -0.2) is 31.9 Å². The van der Waals surface area contributed by atoms with Crippen molar-refractivity contribution in [3.05, 3.63) is 34.2 Å². The molecule has 20 heavy (non-hydrogen) atoms. The number of para-hydroxylation sites is 1. The molecule has 1 aromatic heterocycles. The fourth-order valence-electron chi connectivity index (χ4n) is 1.83. The molecule has 5 nitrogen and oxygen atoms in total. The Balaban J connectivity index is 2.35. The van der Waals surface area contributed by atoms with Gasteiger partial charge in [-0.25, -0.2) is 9.59 Å². The normalized spacial score (nSPS) is 11.9. The highest BCUT2D eigenvalue weighted by atomic mass is 32.2. The summed E-state index contributed by atoms with van der Waals surface area (Å²) in [6.45, 7) is -0.161. The Morgan fingerprint density at radius 3 is 2.70 bits per heavy atom. The van der Waals surface area contributed by atoms with Gasteiger partial charge in [-0.3, -0.25) is 4.57 Å². The highest BCUT2D eigenvalue weighted by Gasteiger charge is 2.27. The van der Waals surface area contributed by atoms with Crippen LogP contribution in [-0.2, 0) is 6.54 Å². The number of benzene rings is 1. The van der Waals surface area contributed by atoms with Crippen LogP contribution >= 0.6 is 11.8 Å². The molecule has 1 aromatic carbocycles. The first-order chi connectivity index (χ1) is 9.29. The number of aromatic amines is 1. The number of aromatic carboxylic acids is 1. The van der Waals surface area contributed by atoms with E-state index in [4.69, 9.17) is 5.11 Å². The molecular formula is C11H9F3N2O3S.